The number of amides is 2. The minimum atomic E-state index is 0.0563. The maximum absolute atomic E-state index is 12.7. The Kier molecular flexibility index (Phi) is 16.1. The Morgan fingerprint density at radius 2 is 1.06 bits per heavy atom. The lowest BCUT2D eigenvalue weighted by Gasteiger charge is -2.37. The van der Waals surface area contributed by atoms with E-state index in [-0.39, 0.29) is 11.8 Å². The molecule has 0 atom stereocenters. The van der Waals surface area contributed by atoms with E-state index in [1.54, 1.807) is 24.3 Å². The molecule has 0 unspecified atom stereocenters. The zero-order valence-corrected chi connectivity index (χ0v) is 30.1. The van der Waals surface area contributed by atoms with E-state index in [4.69, 9.17) is 9.47 Å². The van der Waals surface area contributed by atoms with Gasteiger partial charge in [-0.15, -0.1) is 0 Å². The second-order valence-electron chi connectivity index (χ2n) is 13.5. The highest BCUT2D eigenvalue weighted by molar-refractivity contribution is 5.95. The molecule has 4 heterocycles. The fraction of sp³-hybridized carbons (Fsp3) is 0.605. The molecule has 2 aromatic rings. The van der Waals surface area contributed by atoms with Gasteiger partial charge in [0.25, 0.3) is 11.8 Å². The molecule has 4 aliphatic rings. The van der Waals surface area contributed by atoms with Crippen molar-refractivity contribution >= 4 is 18.1 Å². The molecular formula is C38H58N6O5. The van der Waals surface area contributed by atoms with E-state index in [2.05, 4.69) is 59.8 Å². The summed E-state index contributed by atoms with van der Waals surface area (Å²) in [6, 6.07) is 16.0. The van der Waals surface area contributed by atoms with Gasteiger partial charge < -0.3 is 24.6 Å². The van der Waals surface area contributed by atoms with Crippen LogP contribution in [0.3, 0.4) is 0 Å². The molecule has 0 aliphatic carbocycles. The van der Waals surface area contributed by atoms with Crippen molar-refractivity contribution in [3.8, 4) is 0 Å². The third-order valence-corrected chi connectivity index (χ3v) is 9.51. The van der Waals surface area contributed by atoms with Crippen LogP contribution in [0.1, 0.15) is 64.3 Å². The summed E-state index contributed by atoms with van der Waals surface area (Å²) in [6.45, 7) is 24.1. The van der Waals surface area contributed by atoms with Gasteiger partial charge in [-0.1, -0.05) is 24.3 Å². The lowest BCUT2D eigenvalue weighted by Crippen LogP contribution is -2.50. The van der Waals surface area contributed by atoms with Crippen LogP contribution in [-0.2, 0) is 16.0 Å². The number of aldehydes is 1. The van der Waals surface area contributed by atoms with Crippen LogP contribution < -0.4 is 5.32 Å². The second kappa shape index (κ2) is 20.5. The first-order valence-corrected chi connectivity index (χ1v) is 18.0. The molecule has 0 aromatic heterocycles. The monoisotopic (exact) mass is 678 g/mol. The first kappa shape index (κ1) is 38.6. The highest BCUT2D eigenvalue weighted by Gasteiger charge is 2.24. The first-order valence-electron chi connectivity index (χ1n) is 18.0. The predicted octanol–water partition coefficient (Wildman–Crippen LogP) is 2.96. The average molecular weight is 679 g/mol. The SMILES string of the molecule is C1COCCN1.CC(C)N1CCN(C(=O)c2ccc(C=O)cc2)CC1.CC(C)N1CCN(C(=O)c2ccc(CN3CCOCC3)cc2)CC1. The van der Waals surface area contributed by atoms with Crippen molar-refractivity contribution in [1.82, 2.24) is 29.8 Å². The molecule has 0 spiro atoms. The quantitative estimate of drug-likeness (QED) is 0.444. The van der Waals surface area contributed by atoms with Crippen LogP contribution in [0.5, 0.6) is 0 Å². The van der Waals surface area contributed by atoms with Crippen molar-refractivity contribution in [2.24, 2.45) is 0 Å². The number of ether oxygens (including phenoxy) is 2. The molecule has 1 N–H and O–H groups in total. The summed E-state index contributed by atoms with van der Waals surface area (Å²) < 4.78 is 10.4. The summed E-state index contributed by atoms with van der Waals surface area (Å²) in [6.07, 6.45) is 0.787. The number of nitrogens with one attached hydrogen (secondary N) is 1. The Bertz CT molecular complexity index is 1250. The van der Waals surface area contributed by atoms with Crippen LogP contribution in [0.15, 0.2) is 48.5 Å². The number of hydrogen-bond acceptors (Lipinski definition) is 9. The molecule has 11 nitrogen and oxygen atoms in total. The number of carbonyl (C=O) groups is 3. The van der Waals surface area contributed by atoms with Gasteiger partial charge in [0.1, 0.15) is 6.29 Å². The van der Waals surface area contributed by atoms with Gasteiger partial charge in [-0.3, -0.25) is 29.1 Å². The van der Waals surface area contributed by atoms with Crippen molar-refractivity contribution in [1.29, 1.82) is 0 Å². The molecule has 4 aliphatic heterocycles. The van der Waals surface area contributed by atoms with Gasteiger partial charge in [0.15, 0.2) is 0 Å². The topological polar surface area (TPSA) is 97.9 Å². The van der Waals surface area contributed by atoms with Crippen molar-refractivity contribution in [2.45, 2.75) is 46.3 Å². The lowest BCUT2D eigenvalue weighted by atomic mass is 10.1. The zero-order valence-electron chi connectivity index (χ0n) is 30.1. The summed E-state index contributed by atoms with van der Waals surface area (Å²) in [4.78, 5) is 46.6. The standard InChI is InChI=1S/C19H29N3O2.C15H20N2O2.C4H9NO/c1-16(2)21-7-9-22(10-8-21)19(23)18-5-3-17(4-6-18)15-20-11-13-24-14-12-20;1-12(2)16-7-9-17(10-8-16)15(19)14-5-3-13(11-18)4-6-14;1-3-6-4-2-5-1/h3-6,16H,7-15H2,1-2H3;3-6,11-12H,7-10H2,1-2H3;5H,1-4H2. The molecule has 4 saturated heterocycles. The first-order chi connectivity index (χ1) is 23.7. The smallest absolute Gasteiger partial charge is 0.253 e. The van der Waals surface area contributed by atoms with Crippen molar-refractivity contribution in [3.63, 3.8) is 0 Å². The van der Waals surface area contributed by atoms with Gasteiger partial charge in [-0.2, -0.15) is 0 Å². The van der Waals surface area contributed by atoms with Gasteiger partial charge in [0.2, 0.25) is 0 Å². The van der Waals surface area contributed by atoms with Crippen molar-refractivity contribution in [2.75, 3.05) is 105 Å². The van der Waals surface area contributed by atoms with E-state index in [9.17, 15) is 14.4 Å². The van der Waals surface area contributed by atoms with Crippen LogP contribution in [0.2, 0.25) is 0 Å². The average Bonchev–Trinajstić information content (AvgIpc) is 3.16. The normalized spacial score (nSPS) is 19.5. The summed E-state index contributed by atoms with van der Waals surface area (Å²) in [7, 11) is 0. The van der Waals surface area contributed by atoms with Crippen LogP contribution >= 0.6 is 0 Å². The fourth-order valence-electron chi connectivity index (χ4n) is 6.24. The maximum atomic E-state index is 12.7. The second-order valence-corrected chi connectivity index (χ2v) is 13.5. The lowest BCUT2D eigenvalue weighted by molar-refractivity contribution is 0.0342. The molecule has 0 saturated carbocycles. The highest BCUT2D eigenvalue weighted by atomic mass is 16.5. The third-order valence-electron chi connectivity index (χ3n) is 9.51. The predicted molar refractivity (Wildman–Crippen MR) is 193 cm³/mol. The molecule has 2 amide bonds. The number of morpholine rings is 2. The highest BCUT2D eigenvalue weighted by Crippen LogP contribution is 2.14. The Morgan fingerprint density at radius 3 is 1.43 bits per heavy atom. The zero-order chi connectivity index (χ0) is 35.0. The van der Waals surface area contributed by atoms with Crippen LogP contribution in [0.4, 0.5) is 0 Å². The Morgan fingerprint density at radius 1 is 0.633 bits per heavy atom. The molecule has 0 radical (unpaired) electrons. The van der Waals surface area contributed by atoms with E-state index >= 15 is 0 Å². The van der Waals surface area contributed by atoms with Gasteiger partial charge in [-0.25, -0.2) is 0 Å². The van der Waals surface area contributed by atoms with Gasteiger partial charge in [-0.05, 0) is 57.5 Å². The largest absolute Gasteiger partial charge is 0.379 e. The Labute approximate surface area is 293 Å². The summed E-state index contributed by atoms with van der Waals surface area (Å²) in [5.41, 5.74) is 3.32. The number of nitrogens with zero attached hydrogens (tertiary/aromatic N) is 5. The number of piperazine rings is 2. The molecule has 0 bridgehead atoms. The van der Waals surface area contributed by atoms with Gasteiger partial charge in [0, 0.05) is 114 Å². The summed E-state index contributed by atoms with van der Waals surface area (Å²) in [5.74, 6) is 0.220. The van der Waals surface area contributed by atoms with E-state index in [0.29, 0.717) is 23.2 Å². The van der Waals surface area contributed by atoms with E-state index in [0.717, 1.165) is 123 Å². The van der Waals surface area contributed by atoms with E-state index in [1.165, 1.54) is 5.56 Å². The van der Waals surface area contributed by atoms with Gasteiger partial charge in [0.05, 0.1) is 26.4 Å². The van der Waals surface area contributed by atoms with Crippen LogP contribution in [-0.4, -0.2) is 160 Å². The molecular weight excluding hydrogens is 620 g/mol. The number of carbonyl (C=O) groups excluding carboxylic acids is 3. The van der Waals surface area contributed by atoms with Gasteiger partial charge >= 0.3 is 0 Å². The number of hydrogen-bond donors (Lipinski definition) is 1. The minimum absolute atomic E-state index is 0.0563. The van der Waals surface area contributed by atoms with Crippen molar-refractivity contribution < 1.29 is 23.9 Å². The molecule has 270 valence electrons. The number of rotatable bonds is 7. The summed E-state index contributed by atoms with van der Waals surface area (Å²) >= 11 is 0. The minimum Gasteiger partial charge on any atom is -0.379 e. The third kappa shape index (κ3) is 12.6. The fourth-order valence-corrected chi connectivity index (χ4v) is 6.24. The van der Waals surface area contributed by atoms with E-state index < -0.39 is 0 Å². The van der Waals surface area contributed by atoms with Crippen LogP contribution in [0.25, 0.3) is 0 Å². The Balaban J connectivity index is 0.000000192. The maximum Gasteiger partial charge on any atom is 0.253 e. The van der Waals surface area contributed by atoms with Crippen LogP contribution in [0, 0.1) is 0 Å². The summed E-state index contributed by atoms with van der Waals surface area (Å²) in [5, 5.41) is 3.16. The molecule has 49 heavy (non-hydrogen) atoms. The molecule has 11 heteroatoms. The molecule has 2 aromatic carbocycles. The Hall–Kier alpha value is -3.19. The molecule has 6 rings (SSSR count). The van der Waals surface area contributed by atoms with E-state index in [1.807, 2.05) is 21.9 Å². The van der Waals surface area contributed by atoms with Crippen molar-refractivity contribution in [3.05, 3.63) is 70.8 Å². The molecule has 4 fully saturated rings. The number of benzene rings is 2.